The molecular formula is C15H14F4O3. The molecule has 0 aliphatic heterocycles. The van der Waals surface area contributed by atoms with Gasteiger partial charge in [0.15, 0.2) is 17.4 Å². The molecule has 0 N–H and O–H groups in total. The average Bonchev–Trinajstić information content (AvgIpc) is 2.51. The Labute approximate surface area is 125 Å². The van der Waals surface area contributed by atoms with Gasteiger partial charge in [-0.15, -0.1) is 0 Å². The number of allylic oxidation sites excluding steroid dienone is 5. The lowest BCUT2D eigenvalue weighted by Gasteiger charge is -2.14. The van der Waals surface area contributed by atoms with E-state index < -0.39 is 17.5 Å². The first-order valence-corrected chi connectivity index (χ1v) is 5.99. The summed E-state index contributed by atoms with van der Waals surface area (Å²) in [5.74, 6) is -4.48. The molecule has 120 valence electrons. The Kier molecular flexibility index (Phi) is 6.03. The van der Waals surface area contributed by atoms with Crippen LogP contribution in [-0.4, -0.2) is 14.2 Å². The number of benzene rings is 1. The summed E-state index contributed by atoms with van der Waals surface area (Å²) in [7, 11) is 2.56. The van der Waals surface area contributed by atoms with Gasteiger partial charge in [-0.3, -0.25) is 4.94 Å². The SMILES string of the molecule is C=C(C=C(F)C(F)=C(C)F)c1c(OC)cc(OF)cc1OC. The zero-order chi connectivity index (χ0) is 16.9. The van der Waals surface area contributed by atoms with Crippen LogP contribution in [0.15, 0.2) is 42.3 Å². The van der Waals surface area contributed by atoms with Gasteiger partial charge in [0.1, 0.15) is 17.3 Å². The summed E-state index contributed by atoms with van der Waals surface area (Å²) in [6.45, 7) is 4.33. The van der Waals surface area contributed by atoms with Crippen molar-refractivity contribution >= 4 is 5.57 Å². The van der Waals surface area contributed by atoms with Crippen molar-refractivity contribution in [3.8, 4) is 17.2 Å². The van der Waals surface area contributed by atoms with Crippen molar-refractivity contribution in [2.45, 2.75) is 6.92 Å². The maximum atomic E-state index is 13.6. The molecule has 0 atom stereocenters. The number of hydrogen-bond acceptors (Lipinski definition) is 3. The summed E-state index contributed by atoms with van der Waals surface area (Å²) in [5.41, 5.74) is 0.0817. The summed E-state index contributed by atoms with van der Waals surface area (Å²) >= 11 is 0. The Morgan fingerprint density at radius 2 is 1.59 bits per heavy atom. The van der Waals surface area contributed by atoms with E-state index in [1.165, 1.54) is 26.4 Å². The van der Waals surface area contributed by atoms with Crippen molar-refractivity contribution in [1.29, 1.82) is 0 Å². The second kappa shape index (κ2) is 7.53. The van der Waals surface area contributed by atoms with Crippen molar-refractivity contribution in [3.05, 3.63) is 47.8 Å². The number of halogens is 4. The zero-order valence-corrected chi connectivity index (χ0v) is 12.2. The molecule has 3 nitrogen and oxygen atoms in total. The van der Waals surface area contributed by atoms with Crippen LogP contribution in [0.2, 0.25) is 0 Å². The molecule has 1 aromatic carbocycles. The maximum absolute atomic E-state index is 13.6. The van der Waals surface area contributed by atoms with Crippen molar-refractivity contribution in [2.75, 3.05) is 14.2 Å². The lowest BCUT2D eigenvalue weighted by atomic mass is 10.0. The van der Waals surface area contributed by atoms with Gasteiger partial charge in [-0.2, -0.15) is 0 Å². The van der Waals surface area contributed by atoms with Crippen LogP contribution in [0.5, 0.6) is 17.2 Å². The monoisotopic (exact) mass is 318 g/mol. The van der Waals surface area contributed by atoms with Gasteiger partial charge in [-0.25, -0.2) is 13.2 Å². The molecule has 0 unspecified atom stereocenters. The van der Waals surface area contributed by atoms with Crippen LogP contribution in [0.3, 0.4) is 0 Å². The second-order valence-electron chi connectivity index (χ2n) is 4.14. The van der Waals surface area contributed by atoms with Crippen LogP contribution >= 0.6 is 0 Å². The van der Waals surface area contributed by atoms with Crippen molar-refractivity contribution in [2.24, 2.45) is 0 Å². The van der Waals surface area contributed by atoms with E-state index in [-0.39, 0.29) is 28.4 Å². The Morgan fingerprint density at radius 1 is 1.09 bits per heavy atom. The number of rotatable bonds is 6. The fourth-order valence-electron chi connectivity index (χ4n) is 1.70. The summed E-state index contributed by atoms with van der Waals surface area (Å²) in [5, 5.41) is 0. The van der Waals surface area contributed by atoms with Crippen LogP contribution < -0.4 is 14.4 Å². The van der Waals surface area contributed by atoms with E-state index in [0.29, 0.717) is 6.08 Å². The molecule has 0 saturated heterocycles. The van der Waals surface area contributed by atoms with Gasteiger partial charge in [-0.1, -0.05) is 6.58 Å². The third-order valence-electron chi connectivity index (χ3n) is 2.70. The Hall–Kier alpha value is -2.44. The molecule has 0 amide bonds. The van der Waals surface area contributed by atoms with E-state index in [1.54, 1.807) is 0 Å². The molecule has 0 radical (unpaired) electrons. The van der Waals surface area contributed by atoms with Gasteiger partial charge < -0.3 is 9.47 Å². The van der Waals surface area contributed by atoms with Gasteiger partial charge in [-0.05, 0) is 18.6 Å². The predicted octanol–water partition coefficient (Wildman–Crippen LogP) is 5.00. The lowest BCUT2D eigenvalue weighted by molar-refractivity contribution is -0.00664. The van der Waals surface area contributed by atoms with E-state index in [0.717, 1.165) is 6.92 Å². The van der Waals surface area contributed by atoms with Crippen LogP contribution in [0, 0.1) is 0 Å². The average molecular weight is 318 g/mol. The third kappa shape index (κ3) is 3.81. The minimum absolute atomic E-state index is 0.0578. The molecule has 0 aliphatic rings. The van der Waals surface area contributed by atoms with Crippen LogP contribution in [0.25, 0.3) is 5.57 Å². The summed E-state index contributed by atoms with van der Waals surface area (Å²) < 4.78 is 61.7. The summed E-state index contributed by atoms with van der Waals surface area (Å²) in [6.07, 6.45) is 0.675. The van der Waals surface area contributed by atoms with E-state index in [1.807, 2.05) is 0 Å². The molecule has 0 aliphatic carbocycles. The fourth-order valence-corrected chi connectivity index (χ4v) is 1.70. The molecule has 7 heteroatoms. The summed E-state index contributed by atoms with van der Waals surface area (Å²) in [6, 6.07) is 2.34. The highest BCUT2D eigenvalue weighted by atomic mass is 19.3. The molecule has 1 rings (SSSR count). The van der Waals surface area contributed by atoms with E-state index >= 15 is 0 Å². The second-order valence-corrected chi connectivity index (χ2v) is 4.14. The first kappa shape index (κ1) is 17.6. The van der Waals surface area contributed by atoms with Crippen LogP contribution in [0.4, 0.5) is 17.7 Å². The molecule has 0 fully saturated rings. The molecule has 1 aromatic rings. The van der Waals surface area contributed by atoms with Gasteiger partial charge in [0.2, 0.25) is 0 Å². The van der Waals surface area contributed by atoms with Gasteiger partial charge in [0.25, 0.3) is 0 Å². The topological polar surface area (TPSA) is 27.7 Å². The van der Waals surface area contributed by atoms with E-state index in [2.05, 4.69) is 11.5 Å². The standard InChI is InChI=1S/C15H14F4O3/c1-8(5-11(17)15(18)9(2)16)14-12(20-3)6-10(22-19)7-13(14)21-4/h5-7H,1H2,2-4H3. The molecular weight excluding hydrogens is 304 g/mol. The van der Waals surface area contributed by atoms with Crippen LogP contribution in [-0.2, 0) is 0 Å². The Bertz CT molecular complexity index is 607. The first-order valence-electron chi connectivity index (χ1n) is 5.99. The van der Waals surface area contributed by atoms with Gasteiger partial charge >= 0.3 is 0 Å². The summed E-state index contributed by atoms with van der Waals surface area (Å²) in [4.78, 5) is 3.59. The largest absolute Gasteiger partial charge is 0.496 e. The van der Waals surface area contributed by atoms with Crippen molar-refractivity contribution in [1.82, 2.24) is 0 Å². The van der Waals surface area contributed by atoms with Crippen LogP contribution in [0.1, 0.15) is 12.5 Å². The molecule has 0 heterocycles. The Balaban J connectivity index is 3.40. The highest BCUT2D eigenvalue weighted by Crippen LogP contribution is 2.39. The Morgan fingerprint density at radius 3 is 1.95 bits per heavy atom. The number of methoxy groups -OCH3 is 2. The quantitative estimate of drug-likeness (QED) is 0.545. The number of hydrogen-bond donors (Lipinski definition) is 0. The molecule has 0 spiro atoms. The van der Waals surface area contributed by atoms with Gasteiger partial charge in [0.05, 0.1) is 19.8 Å². The molecule has 0 saturated carbocycles. The molecule has 22 heavy (non-hydrogen) atoms. The highest BCUT2D eigenvalue weighted by Gasteiger charge is 2.17. The minimum atomic E-state index is -1.64. The first-order chi connectivity index (χ1) is 10.3. The molecule has 0 bridgehead atoms. The normalized spacial score (nSPS) is 12.6. The smallest absolute Gasteiger partial charge is 0.189 e. The lowest BCUT2D eigenvalue weighted by Crippen LogP contribution is -1.96. The number of ether oxygens (including phenoxy) is 2. The predicted molar refractivity (Wildman–Crippen MR) is 74.4 cm³/mol. The van der Waals surface area contributed by atoms with E-state index in [9.17, 15) is 17.7 Å². The zero-order valence-electron chi connectivity index (χ0n) is 12.2. The van der Waals surface area contributed by atoms with Gasteiger partial charge in [0, 0.05) is 16.7 Å². The van der Waals surface area contributed by atoms with Crippen molar-refractivity contribution in [3.63, 3.8) is 0 Å². The van der Waals surface area contributed by atoms with E-state index in [4.69, 9.17) is 9.47 Å². The maximum Gasteiger partial charge on any atom is 0.189 e. The fraction of sp³-hybridized carbons (Fsp3) is 0.200. The highest BCUT2D eigenvalue weighted by molar-refractivity contribution is 5.81. The molecule has 0 aromatic heterocycles. The van der Waals surface area contributed by atoms with Crippen molar-refractivity contribution < 1.29 is 32.1 Å². The minimum Gasteiger partial charge on any atom is -0.496 e. The third-order valence-corrected chi connectivity index (χ3v) is 2.70.